The van der Waals surface area contributed by atoms with E-state index in [1.165, 1.54) is 16.8 Å². The highest BCUT2D eigenvalue weighted by molar-refractivity contribution is 7.80. The Morgan fingerprint density at radius 2 is 1.86 bits per heavy atom. The first-order valence-electron chi connectivity index (χ1n) is 7.44. The van der Waals surface area contributed by atoms with Crippen LogP contribution in [0.5, 0.6) is 0 Å². The minimum absolute atomic E-state index is 0.430. The van der Waals surface area contributed by atoms with Crippen LogP contribution >= 0.6 is 12.2 Å². The number of anilines is 1. The van der Waals surface area contributed by atoms with Gasteiger partial charge in [-0.05, 0) is 49.2 Å². The smallest absolute Gasteiger partial charge is 0.173 e. The maximum Gasteiger partial charge on any atom is 0.173 e. The van der Waals surface area contributed by atoms with Crippen LogP contribution in [0.3, 0.4) is 0 Å². The second kappa shape index (κ2) is 6.27. The summed E-state index contributed by atoms with van der Waals surface area (Å²) < 4.78 is 0. The second-order valence-corrected chi connectivity index (χ2v) is 5.91. The minimum Gasteiger partial charge on any atom is -0.362 e. The molecular weight excluding hydrogens is 276 g/mol. The third kappa shape index (κ3) is 3.08. The average Bonchev–Trinajstić information content (AvgIpc) is 2.84. The summed E-state index contributed by atoms with van der Waals surface area (Å²) >= 11 is 5.60. The molecule has 2 nitrogen and oxygen atoms in total. The van der Waals surface area contributed by atoms with E-state index in [1.54, 1.807) is 0 Å². The number of fused-ring (bicyclic) bond motifs is 1. The molecule has 0 radical (unpaired) electrons. The van der Waals surface area contributed by atoms with E-state index in [1.807, 2.05) is 6.07 Å². The highest BCUT2D eigenvalue weighted by Crippen LogP contribution is 2.31. The van der Waals surface area contributed by atoms with E-state index in [0.717, 1.165) is 24.5 Å². The molecule has 1 aliphatic rings. The molecule has 3 heteroatoms. The van der Waals surface area contributed by atoms with Crippen molar-refractivity contribution in [3.8, 4) is 0 Å². The first-order chi connectivity index (χ1) is 10.3. The van der Waals surface area contributed by atoms with Gasteiger partial charge in [0.05, 0.1) is 0 Å². The van der Waals surface area contributed by atoms with Crippen LogP contribution in [0.2, 0.25) is 0 Å². The van der Waals surface area contributed by atoms with Crippen LogP contribution in [-0.2, 0) is 12.8 Å². The lowest BCUT2D eigenvalue weighted by atomic mass is 10.1. The van der Waals surface area contributed by atoms with Gasteiger partial charge in [0, 0.05) is 18.3 Å². The van der Waals surface area contributed by atoms with Crippen LogP contribution in [0.1, 0.15) is 18.1 Å². The summed E-state index contributed by atoms with van der Waals surface area (Å²) in [6.07, 6.45) is 2.06. The molecular formula is C18H20N2S. The Balaban J connectivity index is 1.61. The van der Waals surface area contributed by atoms with Crippen LogP contribution in [-0.4, -0.2) is 17.7 Å². The van der Waals surface area contributed by atoms with Crippen molar-refractivity contribution < 1.29 is 0 Å². The zero-order valence-electron chi connectivity index (χ0n) is 12.3. The average molecular weight is 296 g/mol. The van der Waals surface area contributed by atoms with Gasteiger partial charge in [-0.25, -0.2) is 0 Å². The van der Waals surface area contributed by atoms with Gasteiger partial charge in [0.15, 0.2) is 5.11 Å². The van der Waals surface area contributed by atoms with E-state index in [2.05, 4.69) is 65.7 Å². The Labute approximate surface area is 131 Å². The number of hydrogen-bond donors (Lipinski definition) is 1. The zero-order chi connectivity index (χ0) is 14.7. The number of para-hydroxylation sites is 1. The minimum atomic E-state index is 0.430. The second-order valence-electron chi connectivity index (χ2n) is 5.52. The Hall–Kier alpha value is -1.87. The zero-order valence-corrected chi connectivity index (χ0v) is 13.1. The van der Waals surface area contributed by atoms with E-state index in [-0.39, 0.29) is 0 Å². The van der Waals surface area contributed by atoms with Gasteiger partial charge in [0.1, 0.15) is 0 Å². The van der Waals surface area contributed by atoms with Gasteiger partial charge in [-0.15, -0.1) is 0 Å². The SMILES string of the molecule is CC1Cc2ccccc2N1C(=S)NCCc1ccccc1. The van der Waals surface area contributed by atoms with Crippen molar-refractivity contribution in [1.29, 1.82) is 0 Å². The van der Waals surface area contributed by atoms with Gasteiger partial charge in [0.2, 0.25) is 0 Å². The maximum atomic E-state index is 5.60. The molecule has 0 aliphatic carbocycles. The topological polar surface area (TPSA) is 15.3 Å². The highest BCUT2D eigenvalue weighted by Gasteiger charge is 2.28. The number of thiocarbonyl (C=S) groups is 1. The van der Waals surface area contributed by atoms with E-state index in [4.69, 9.17) is 12.2 Å². The molecule has 0 saturated carbocycles. The quantitative estimate of drug-likeness (QED) is 0.872. The van der Waals surface area contributed by atoms with Gasteiger partial charge < -0.3 is 10.2 Å². The molecule has 21 heavy (non-hydrogen) atoms. The molecule has 1 heterocycles. The molecule has 0 bridgehead atoms. The van der Waals surface area contributed by atoms with Crippen molar-refractivity contribution in [3.05, 3.63) is 65.7 Å². The van der Waals surface area contributed by atoms with Crippen molar-refractivity contribution in [2.45, 2.75) is 25.8 Å². The molecule has 2 aromatic rings. The molecule has 0 fully saturated rings. The predicted molar refractivity (Wildman–Crippen MR) is 92.8 cm³/mol. The van der Waals surface area contributed by atoms with Crippen LogP contribution in [0, 0.1) is 0 Å². The molecule has 1 unspecified atom stereocenters. The Morgan fingerprint density at radius 3 is 2.67 bits per heavy atom. The molecule has 0 spiro atoms. The number of nitrogens with one attached hydrogen (secondary N) is 1. The molecule has 2 aromatic carbocycles. The van der Waals surface area contributed by atoms with Crippen molar-refractivity contribution in [1.82, 2.24) is 5.32 Å². The summed E-state index contributed by atoms with van der Waals surface area (Å²) in [4.78, 5) is 2.25. The maximum absolute atomic E-state index is 5.60. The Morgan fingerprint density at radius 1 is 1.14 bits per heavy atom. The van der Waals surface area contributed by atoms with E-state index in [0.29, 0.717) is 6.04 Å². The number of nitrogens with zero attached hydrogens (tertiary/aromatic N) is 1. The molecule has 3 rings (SSSR count). The molecule has 1 N–H and O–H groups in total. The first kappa shape index (κ1) is 14.1. The summed E-state index contributed by atoms with van der Waals surface area (Å²) in [6.45, 7) is 3.10. The monoisotopic (exact) mass is 296 g/mol. The fourth-order valence-electron chi connectivity index (χ4n) is 2.92. The van der Waals surface area contributed by atoms with Gasteiger partial charge in [0.25, 0.3) is 0 Å². The number of hydrogen-bond acceptors (Lipinski definition) is 1. The van der Waals surface area contributed by atoms with Crippen LogP contribution < -0.4 is 10.2 Å². The summed E-state index contributed by atoms with van der Waals surface area (Å²) in [5, 5.41) is 4.24. The normalized spacial score (nSPS) is 16.6. The van der Waals surface area contributed by atoms with Crippen LogP contribution in [0.25, 0.3) is 0 Å². The molecule has 0 amide bonds. The predicted octanol–water partition coefficient (Wildman–Crippen LogP) is 3.55. The number of rotatable bonds is 3. The summed E-state index contributed by atoms with van der Waals surface area (Å²) in [7, 11) is 0. The van der Waals surface area contributed by atoms with Crippen molar-refractivity contribution in [2.75, 3.05) is 11.4 Å². The Kier molecular flexibility index (Phi) is 4.20. The fourth-order valence-corrected chi connectivity index (χ4v) is 3.30. The van der Waals surface area contributed by atoms with Gasteiger partial charge in [-0.2, -0.15) is 0 Å². The van der Waals surface area contributed by atoms with Gasteiger partial charge in [-0.1, -0.05) is 48.5 Å². The van der Waals surface area contributed by atoms with Crippen LogP contribution in [0.15, 0.2) is 54.6 Å². The third-order valence-electron chi connectivity index (χ3n) is 3.96. The summed E-state index contributed by atoms with van der Waals surface area (Å²) in [5.74, 6) is 0. The lowest BCUT2D eigenvalue weighted by molar-refractivity contribution is 0.753. The molecule has 0 aromatic heterocycles. The third-order valence-corrected chi connectivity index (χ3v) is 4.30. The number of benzene rings is 2. The van der Waals surface area contributed by atoms with Crippen molar-refractivity contribution >= 4 is 23.0 Å². The van der Waals surface area contributed by atoms with Crippen molar-refractivity contribution in [3.63, 3.8) is 0 Å². The molecule has 1 atom stereocenters. The largest absolute Gasteiger partial charge is 0.362 e. The molecule has 108 valence electrons. The standard InChI is InChI=1S/C18H20N2S/c1-14-13-16-9-5-6-10-17(16)20(14)18(21)19-12-11-15-7-3-2-4-8-15/h2-10,14H,11-13H2,1H3,(H,19,21). The van der Waals surface area contributed by atoms with E-state index < -0.39 is 0 Å². The van der Waals surface area contributed by atoms with Gasteiger partial charge in [-0.3, -0.25) is 0 Å². The highest BCUT2D eigenvalue weighted by atomic mass is 32.1. The summed E-state index contributed by atoms with van der Waals surface area (Å²) in [5.41, 5.74) is 3.97. The molecule has 1 aliphatic heterocycles. The lowest BCUT2D eigenvalue weighted by Gasteiger charge is -2.26. The summed E-state index contributed by atoms with van der Waals surface area (Å²) in [6, 6.07) is 19.5. The van der Waals surface area contributed by atoms with E-state index >= 15 is 0 Å². The first-order valence-corrected chi connectivity index (χ1v) is 7.85. The Bertz CT molecular complexity index is 624. The van der Waals surface area contributed by atoms with E-state index in [9.17, 15) is 0 Å². The van der Waals surface area contributed by atoms with Crippen molar-refractivity contribution in [2.24, 2.45) is 0 Å². The van der Waals surface area contributed by atoms with Gasteiger partial charge >= 0.3 is 0 Å². The molecule has 0 saturated heterocycles. The fraction of sp³-hybridized carbons (Fsp3) is 0.278. The lowest BCUT2D eigenvalue weighted by Crippen LogP contribution is -2.43. The van der Waals surface area contributed by atoms with Crippen LogP contribution in [0.4, 0.5) is 5.69 Å².